The summed E-state index contributed by atoms with van der Waals surface area (Å²) < 4.78 is 25.7. The number of aromatic amines is 1. The first-order valence-corrected chi connectivity index (χ1v) is 6.86. The molecule has 0 bridgehead atoms. The number of hydrogen-bond acceptors (Lipinski definition) is 4. The van der Waals surface area contributed by atoms with Gasteiger partial charge < -0.3 is 5.11 Å². The topological polar surface area (TPSA) is 103 Å². The smallest absolute Gasteiger partial charge is 0.324 e. The average molecular weight is 275 g/mol. The number of likely N-dealkylation sites (N-methyl/N-ethyl adjacent to an activating group) is 1. The van der Waals surface area contributed by atoms with Crippen LogP contribution in [0.3, 0.4) is 0 Å². The van der Waals surface area contributed by atoms with Crippen molar-refractivity contribution in [2.24, 2.45) is 0 Å². The number of rotatable bonds is 5. The van der Waals surface area contributed by atoms with E-state index in [9.17, 15) is 13.2 Å². The Morgan fingerprint density at radius 3 is 2.44 bits per heavy atom. The maximum absolute atomic E-state index is 12.4. The second-order valence-electron chi connectivity index (χ2n) is 4.39. The molecule has 18 heavy (non-hydrogen) atoms. The van der Waals surface area contributed by atoms with Crippen molar-refractivity contribution < 1.29 is 18.3 Å². The Balaban J connectivity index is 3.34. The van der Waals surface area contributed by atoms with E-state index >= 15 is 0 Å². The number of carboxylic acid groups (broad SMARTS) is 1. The molecule has 0 saturated carbocycles. The summed E-state index contributed by atoms with van der Waals surface area (Å²) in [5, 5.41) is 15.3. The van der Waals surface area contributed by atoms with Crippen molar-refractivity contribution in [3.05, 3.63) is 11.9 Å². The predicted molar refractivity (Wildman–Crippen MR) is 64.6 cm³/mol. The van der Waals surface area contributed by atoms with Crippen LogP contribution >= 0.6 is 0 Å². The normalized spacial score (nSPS) is 12.9. The molecule has 1 aromatic heterocycles. The molecule has 1 heterocycles. The minimum Gasteiger partial charge on any atom is -0.480 e. The first kappa shape index (κ1) is 14.7. The molecular weight excluding hydrogens is 258 g/mol. The third-order valence-electron chi connectivity index (χ3n) is 2.79. The lowest BCUT2D eigenvalue weighted by molar-refractivity contribution is -0.146. The molecular formula is C10H17N3O4S. The van der Waals surface area contributed by atoms with Crippen LogP contribution in [0.15, 0.2) is 11.1 Å². The molecule has 0 radical (unpaired) electrons. The number of sulfonamides is 1. The molecule has 1 rings (SSSR count). The van der Waals surface area contributed by atoms with Gasteiger partial charge in [0.05, 0.1) is 11.9 Å². The predicted octanol–water partition coefficient (Wildman–Crippen LogP) is 0.592. The summed E-state index contributed by atoms with van der Waals surface area (Å²) in [6, 6.07) is 0. The summed E-state index contributed by atoms with van der Waals surface area (Å²) in [7, 11) is -3.88. The highest BCUT2D eigenvalue weighted by atomic mass is 32.2. The van der Waals surface area contributed by atoms with Crippen LogP contribution in [0, 0.1) is 6.92 Å². The Morgan fingerprint density at radius 1 is 1.56 bits per heavy atom. The van der Waals surface area contributed by atoms with E-state index in [-0.39, 0.29) is 11.4 Å². The third kappa shape index (κ3) is 2.25. The van der Waals surface area contributed by atoms with Crippen LogP contribution in [0.5, 0.6) is 0 Å². The highest BCUT2D eigenvalue weighted by Crippen LogP contribution is 2.25. The Labute approximate surface area is 106 Å². The van der Waals surface area contributed by atoms with Gasteiger partial charge in [0.15, 0.2) is 0 Å². The Hall–Kier alpha value is -1.41. The summed E-state index contributed by atoms with van der Waals surface area (Å²) in [6.07, 6.45) is 1.19. The van der Waals surface area contributed by atoms with E-state index in [0.29, 0.717) is 5.69 Å². The Bertz CT molecular complexity index is 547. The lowest BCUT2D eigenvalue weighted by atomic mass is 10.1. The summed E-state index contributed by atoms with van der Waals surface area (Å²) >= 11 is 0. The fourth-order valence-corrected chi connectivity index (χ4v) is 3.57. The number of aromatic nitrogens is 2. The van der Waals surface area contributed by atoms with E-state index in [2.05, 4.69) is 10.2 Å². The van der Waals surface area contributed by atoms with Crippen LogP contribution in [0.2, 0.25) is 0 Å². The molecule has 0 spiro atoms. The van der Waals surface area contributed by atoms with E-state index in [1.54, 1.807) is 13.8 Å². The van der Waals surface area contributed by atoms with Crippen LogP contribution in [-0.4, -0.2) is 46.1 Å². The second-order valence-corrected chi connectivity index (χ2v) is 6.22. The largest absolute Gasteiger partial charge is 0.480 e. The van der Waals surface area contributed by atoms with Gasteiger partial charge in [-0.2, -0.15) is 9.40 Å². The number of hydrogen-bond donors (Lipinski definition) is 2. The monoisotopic (exact) mass is 275 g/mol. The van der Waals surface area contributed by atoms with E-state index in [0.717, 1.165) is 4.31 Å². The highest BCUT2D eigenvalue weighted by Gasteiger charge is 2.42. The van der Waals surface area contributed by atoms with Crippen molar-refractivity contribution in [1.29, 1.82) is 0 Å². The van der Waals surface area contributed by atoms with Crippen molar-refractivity contribution in [2.75, 3.05) is 6.54 Å². The molecule has 102 valence electrons. The summed E-state index contributed by atoms with van der Waals surface area (Å²) in [5.41, 5.74) is -1.13. The number of aliphatic carboxylic acids is 1. The molecule has 0 aromatic carbocycles. The van der Waals surface area contributed by atoms with Gasteiger partial charge in [-0.25, -0.2) is 8.42 Å². The van der Waals surface area contributed by atoms with E-state index in [1.807, 2.05) is 0 Å². The number of nitrogens with one attached hydrogen (secondary N) is 1. The summed E-state index contributed by atoms with van der Waals surface area (Å²) in [5.74, 6) is -1.20. The van der Waals surface area contributed by atoms with E-state index in [1.165, 1.54) is 20.0 Å². The van der Waals surface area contributed by atoms with Gasteiger partial charge in [0.2, 0.25) is 10.0 Å². The molecule has 0 atom stereocenters. The van der Waals surface area contributed by atoms with Crippen molar-refractivity contribution in [3.8, 4) is 0 Å². The van der Waals surface area contributed by atoms with Crippen molar-refractivity contribution in [1.82, 2.24) is 14.5 Å². The Morgan fingerprint density at radius 2 is 2.11 bits per heavy atom. The zero-order valence-corrected chi connectivity index (χ0v) is 11.6. The zero-order valence-electron chi connectivity index (χ0n) is 10.8. The molecule has 0 aliphatic carbocycles. The SMILES string of the molecule is CCN(C(C)(C)C(=O)O)S(=O)(=O)c1cn[nH]c1C. The minimum absolute atomic E-state index is 0.00123. The number of carboxylic acids is 1. The summed E-state index contributed by atoms with van der Waals surface area (Å²) in [4.78, 5) is 11.2. The number of aryl methyl sites for hydroxylation is 1. The fraction of sp³-hybridized carbons (Fsp3) is 0.600. The first-order chi connectivity index (χ1) is 8.15. The number of H-pyrrole nitrogens is 1. The lowest BCUT2D eigenvalue weighted by Crippen LogP contribution is -2.52. The number of nitrogens with zero attached hydrogens (tertiary/aromatic N) is 2. The van der Waals surface area contributed by atoms with Gasteiger partial charge in [-0.3, -0.25) is 9.89 Å². The van der Waals surface area contributed by atoms with Crippen LogP contribution in [-0.2, 0) is 14.8 Å². The quantitative estimate of drug-likeness (QED) is 0.818. The summed E-state index contributed by atoms with van der Waals surface area (Å²) in [6.45, 7) is 5.93. The fourth-order valence-electron chi connectivity index (χ4n) is 1.69. The van der Waals surface area contributed by atoms with Crippen LogP contribution in [0.25, 0.3) is 0 Å². The first-order valence-electron chi connectivity index (χ1n) is 5.42. The second kappa shape index (κ2) is 4.69. The van der Waals surface area contributed by atoms with Gasteiger partial charge in [-0.1, -0.05) is 6.92 Å². The van der Waals surface area contributed by atoms with Gasteiger partial charge in [0.1, 0.15) is 10.4 Å². The molecule has 0 saturated heterocycles. The maximum Gasteiger partial charge on any atom is 0.324 e. The lowest BCUT2D eigenvalue weighted by Gasteiger charge is -2.32. The van der Waals surface area contributed by atoms with Gasteiger partial charge in [-0.05, 0) is 20.8 Å². The Kier molecular flexibility index (Phi) is 3.82. The average Bonchev–Trinajstić information content (AvgIpc) is 2.64. The van der Waals surface area contributed by atoms with Crippen LogP contribution in [0.1, 0.15) is 26.5 Å². The molecule has 8 heteroatoms. The molecule has 0 fully saturated rings. The van der Waals surface area contributed by atoms with E-state index < -0.39 is 21.5 Å². The molecule has 0 aliphatic rings. The highest BCUT2D eigenvalue weighted by molar-refractivity contribution is 7.89. The van der Waals surface area contributed by atoms with Crippen molar-refractivity contribution in [2.45, 2.75) is 38.1 Å². The van der Waals surface area contributed by atoms with Crippen molar-refractivity contribution in [3.63, 3.8) is 0 Å². The van der Waals surface area contributed by atoms with Gasteiger partial charge in [-0.15, -0.1) is 0 Å². The molecule has 1 aromatic rings. The van der Waals surface area contributed by atoms with Gasteiger partial charge >= 0.3 is 5.97 Å². The third-order valence-corrected chi connectivity index (χ3v) is 5.05. The van der Waals surface area contributed by atoms with E-state index in [4.69, 9.17) is 5.11 Å². The van der Waals surface area contributed by atoms with Crippen LogP contribution < -0.4 is 0 Å². The maximum atomic E-state index is 12.4. The number of carbonyl (C=O) groups is 1. The van der Waals surface area contributed by atoms with Crippen molar-refractivity contribution >= 4 is 16.0 Å². The molecule has 7 nitrogen and oxygen atoms in total. The zero-order chi connectivity index (χ0) is 14.1. The molecule has 2 N–H and O–H groups in total. The van der Waals surface area contributed by atoms with Gasteiger partial charge in [0.25, 0.3) is 0 Å². The standard InChI is InChI=1S/C10H17N3O4S/c1-5-13(10(3,4)9(14)15)18(16,17)8-6-11-12-7(8)2/h6H,5H2,1-4H3,(H,11,12)(H,14,15). The van der Waals surface area contributed by atoms with Gasteiger partial charge in [0, 0.05) is 6.54 Å². The molecule has 0 amide bonds. The molecule has 0 unspecified atom stereocenters. The molecule has 0 aliphatic heterocycles. The van der Waals surface area contributed by atoms with Crippen LogP contribution in [0.4, 0.5) is 0 Å². The minimum atomic E-state index is -3.88.